The van der Waals surface area contributed by atoms with Crippen LogP contribution in [0.2, 0.25) is 0 Å². The second-order valence-electron chi connectivity index (χ2n) is 4.79. The van der Waals surface area contributed by atoms with Gasteiger partial charge >= 0.3 is 0 Å². The Bertz CT molecular complexity index is 396. The Kier molecular flexibility index (Phi) is 2.45. The molecule has 0 spiro atoms. The molecule has 0 bridgehead atoms. The molecule has 1 nitrogen and oxygen atoms in total. The summed E-state index contributed by atoms with van der Waals surface area (Å²) in [5.74, 6) is 0.170. The molecule has 1 aromatic rings. The lowest BCUT2D eigenvalue weighted by atomic mass is 9.90. The summed E-state index contributed by atoms with van der Waals surface area (Å²) in [4.78, 5) is 0. The number of aromatic hydroxyl groups is 1. The van der Waals surface area contributed by atoms with Crippen LogP contribution in [-0.4, -0.2) is 5.11 Å². The number of phenols is 1. The average molecular weight is 208 g/mol. The van der Waals surface area contributed by atoms with Crippen molar-refractivity contribution in [3.05, 3.63) is 28.6 Å². The lowest BCUT2D eigenvalue weighted by Gasteiger charge is -2.16. The minimum Gasteiger partial charge on any atom is -0.505 e. The lowest BCUT2D eigenvalue weighted by molar-refractivity contribution is 0.427. The van der Waals surface area contributed by atoms with E-state index in [1.54, 1.807) is 6.07 Å². The van der Waals surface area contributed by atoms with Crippen LogP contribution >= 0.6 is 0 Å². The molecule has 2 rings (SSSR count). The fourth-order valence-corrected chi connectivity index (χ4v) is 2.54. The van der Waals surface area contributed by atoms with Crippen molar-refractivity contribution < 1.29 is 9.50 Å². The van der Waals surface area contributed by atoms with Crippen LogP contribution in [0.15, 0.2) is 6.07 Å². The third-order valence-corrected chi connectivity index (χ3v) is 3.36. The molecule has 0 saturated carbocycles. The van der Waals surface area contributed by atoms with E-state index in [0.717, 1.165) is 29.5 Å². The van der Waals surface area contributed by atoms with Crippen LogP contribution in [0.1, 0.15) is 55.7 Å². The van der Waals surface area contributed by atoms with Gasteiger partial charge in [-0.05, 0) is 47.4 Å². The number of halogens is 1. The third kappa shape index (κ3) is 1.52. The van der Waals surface area contributed by atoms with E-state index in [9.17, 15) is 9.50 Å². The summed E-state index contributed by atoms with van der Waals surface area (Å²) < 4.78 is 13.7. The summed E-state index contributed by atoms with van der Waals surface area (Å²) in [6.07, 6.45) is 1.76. The summed E-state index contributed by atoms with van der Waals surface area (Å²) >= 11 is 0. The number of benzene rings is 1. The number of rotatable bonds is 1. The van der Waals surface area contributed by atoms with Crippen molar-refractivity contribution in [1.82, 2.24) is 0 Å². The number of hydrogen-bond donors (Lipinski definition) is 1. The second-order valence-corrected chi connectivity index (χ2v) is 4.79. The molecule has 1 atom stereocenters. The highest BCUT2D eigenvalue weighted by molar-refractivity contribution is 5.48. The highest BCUT2D eigenvalue weighted by Crippen LogP contribution is 2.42. The zero-order valence-electron chi connectivity index (χ0n) is 9.47. The fourth-order valence-electron chi connectivity index (χ4n) is 2.54. The molecule has 1 N–H and O–H groups in total. The Morgan fingerprint density at radius 1 is 1.47 bits per heavy atom. The number of fused-ring (bicyclic) bond motifs is 1. The van der Waals surface area contributed by atoms with Crippen LogP contribution in [0.4, 0.5) is 4.39 Å². The predicted molar refractivity (Wildman–Crippen MR) is 58.9 cm³/mol. The van der Waals surface area contributed by atoms with Crippen LogP contribution in [0.5, 0.6) is 5.75 Å². The van der Waals surface area contributed by atoms with Crippen LogP contribution < -0.4 is 0 Å². The Hall–Kier alpha value is -1.05. The van der Waals surface area contributed by atoms with Crippen LogP contribution in [-0.2, 0) is 6.42 Å². The quantitative estimate of drug-likeness (QED) is 0.746. The normalized spacial score (nSPS) is 19.7. The first-order valence-corrected chi connectivity index (χ1v) is 5.56. The van der Waals surface area contributed by atoms with E-state index in [4.69, 9.17) is 0 Å². The molecule has 0 aliphatic heterocycles. The summed E-state index contributed by atoms with van der Waals surface area (Å²) in [5, 5.41) is 9.52. The average Bonchev–Trinajstić information content (AvgIpc) is 2.54. The van der Waals surface area contributed by atoms with Crippen LogP contribution in [0.25, 0.3) is 0 Å². The summed E-state index contributed by atoms with van der Waals surface area (Å²) in [7, 11) is 0. The van der Waals surface area contributed by atoms with Gasteiger partial charge in [0, 0.05) is 0 Å². The van der Waals surface area contributed by atoms with Gasteiger partial charge in [0.15, 0.2) is 11.6 Å². The van der Waals surface area contributed by atoms with E-state index in [0.29, 0.717) is 11.8 Å². The molecule has 1 aromatic carbocycles. The van der Waals surface area contributed by atoms with E-state index >= 15 is 0 Å². The largest absolute Gasteiger partial charge is 0.505 e. The SMILES string of the molecule is CC(C)c1cc(O)c(F)c2c1C(C)CC2. The zero-order chi connectivity index (χ0) is 11.2. The lowest BCUT2D eigenvalue weighted by Crippen LogP contribution is -2.00. The van der Waals surface area contributed by atoms with Gasteiger partial charge in [-0.15, -0.1) is 0 Å². The third-order valence-electron chi connectivity index (χ3n) is 3.36. The molecule has 0 aromatic heterocycles. The minimum atomic E-state index is -0.404. The van der Waals surface area contributed by atoms with Crippen LogP contribution in [0.3, 0.4) is 0 Å². The van der Waals surface area contributed by atoms with E-state index in [2.05, 4.69) is 20.8 Å². The first-order valence-electron chi connectivity index (χ1n) is 5.56. The second kappa shape index (κ2) is 3.51. The Labute approximate surface area is 89.9 Å². The molecule has 2 heteroatoms. The summed E-state index contributed by atoms with van der Waals surface area (Å²) in [6, 6.07) is 1.60. The maximum absolute atomic E-state index is 13.7. The van der Waals surface area contributed by atoms with Crippen LogP contribution in [0, 0.1) is 5.82 Å². The molecule has 1 unspecified atom stereocenters. The molecule has 82 valence electrons. The molecule has 0 amide bonds. The highest BCUT2D eigenvalue weighted by atomic mass is 19.1. The van der Waals surface area contributed by atoms with E-state index in [1.165, 1.54) is 0 Å². The molecule has 0 radical (unpaired) electrons. The van der Waals surface area contributed by atoms with Crippen molar-refractivity contribution in [2.75, 3.05) is 0 Å². The highest BCUT2D eigenvalue weighted by Gasteiger charge is 2.27. The molecule has 15 heavy (non-hydrogen) atoms. The van der Waals surface area contributed by atoms with Gasteiger partial charge in [0.25, 0.3) is 0 Å². The standard InChI is InChI=1S/C13H17FO/c1-7(2)10-6-11(15)13(14)9-5-4-8(3)12(9)10/h6-8,15H,4-5H2,1-3H3. The van der Waals surface area contributed by atoms with Gasteiger partial charge in [0.05, 0.1) is 0 Å². The topological polar surface area (TPSA) is 20.2 Å². The Morgan fingerprint density at radius 2 is 2.13 bits per heavy atom. The van der Waals surface area contributed by atoms with E-state index in [1.807, 2.05) is 0 Å². The fraction of sp³-hybridized carbons (Fsp3) is 0.538. The molecular weight excluding hydrogens is 191 g/mol. The molecule has 1 aliphatic rings. The van der Waals surface area contributed by atoms with Crippen molar-refractivity contribution in [1.29, 1.82) is 0 Å². The Balaban J connectivity index is 2.68. The maximum atomic E-state index is 13.7. The van der Waals surface area contributed by atoms with Gasteiger partial charge in [-0.3, -0.25) is 0 Å². The van der Waals surface area contributed by atoms with Gasteiger partial charge in [0.2, 0.25) is 0 Å². The van der Waals surface area contributed by atoms with Crippen molar-refractivity contribution in [2.45, 2.75) is 45.4 Å². The maximum Gasteiger partial charge on any atom is 0.168 e. The number of hydrogen-bond acceptors (Lipinski definition) is 1. The molecule has 1 aliphatic carbocycles. The molecule has 0 saturated heterocycles. The molecular formula is C13H17FO. The molecule has 0 heterocycles. The van der Waals surface area contributed by atoms with Crippen molar-refractivity contribution >= 4 is 0 Å². The van der Waals surface area contributed by atoms with Gasteiger partial charge < -0.3 is 5.11 Å². The molecule has 0 fully saturated rings. The summed E-state index contributed by atoms with van der Waals surface area (Å²) in [5.41, 5.74) is 2.99. The first kappa shape index (κ1) is 10.5. The van der Waals surface area contributed by atoms with E-state index in [-0.39, 0.29) is 5.75 Å². The predicted octanol–water partition coefficient (Wildman–Crippen LogP) is 3.70. The first-order chi connectivity index (χ1) is 7.02. The van der Waals surface area contributed by atoms with Crippen molar-refractivity contribution in [2.24, 2.45) is 0 Å². The van der Waals surface area contributed by atoms with Gasteiger partial charge in [0.1, 0.15) is 0 Å². The van der Waals surface area contributed by atoms with Gasteiger partial charge in [-0.2, -0.15) is 0 Å². The van der Waals surface area contributed by atoms with E-state index < -0.39 is 5.82 Å². The summed E-state index contributed by atoms with van der Waals surface area (Å²) in [6.45, 7) is 6.30. The monoisotopic (exact) mass is 208 g/mol. The smallest absolute Gasteiger partial charge is 0.168 e. The number of phenolic OH excluding ortho intramolecular Hbond substituents is 1. The Morgan fingerprint density at radius 3 is 2.73 bits per heavy atom. The minimum absolute atomic E-state index is 0.188. The van der Waals surface area contributed by atoms with Gasteiger partial charge in [-0.25, -0.2) is 4.39 Å². The van der Waals surface area contributed by atoms with Crippen molar-refractivity contribution in [3.63, 3.8) is 0 Å². The van der Waals surface area contributed by atoms with Crippen molar-refractivity contribution in [3.8, 4) is 5.75 Å². The van der Waals surface area contributed by atoms with Gasteiger partial charge in [-0.1, -0.05) is 20.8 Å². The zero-order valence-corrected chi connectivity index (χ0v) is 9.47.